The summed E-state index contributed by atoms with van der Waals surface area (Å²) in [5.41, 5.74) is 0.823. The Kier molecular flexibility index (Phi) is 4.82. The number of hydrogen-bond acceptors (Lipinski definition) is 3. The third-order valence-corrected chi connectivity index (χ3v) is 1.90. The Morgan fingerprint density at radius 2 is 2.19 bits per heavy atom. The molecule has 0 unspecified atom stereocenters. The van der Waals surface area contributed by atoms with Gasteiger partial charge in [0.2, 0.25) is 0 Å². The first-order chi connectivity index (χ1) is 7.53. The molecule has 0 saturated carbocycles. The fourth-order valence-electron chi connectivity index (χ4n) is 1.17. The van der Waals surface area contributed by atoms with Crippen LogP contribution >= 0.6 is 0 Å². The standard InChI is InChI=1S/C10H14F3NO2/c1-2-14-5-8-3-4-16-9(8)6-15-7-10(11,12)13/h3-4,14H,2,5-7H2,1H3. The van der Waals surface area contributed by atoms with E-state index in [1.165, 1.54) is 6.26 Å². The lowest BCUT2D eigenvalue weighted by atomic mass is 10.2. The van der Waals surface area contributed by atoms with Gasteiger partial charge in [-0.2, -0.15) is 13.2 Å². The Balaban J connectivity index is 2.38. The number of hydrogen-bond donors (Lipinski definition) is 1. The Bertz CT molecular complexity index is 309. The van der Waals surface area contributed by atoms with E-state index in [1.807, 2.05) is 6.92 Å². The van der Waals surface area contributed by atoms with Crippen LogP contribution in [0.3, 0.4) is 0 Å². The van der Waals surface area contributed by atoms with Crippen LogP contribution in [-0.4, -0.2) is 19.3 Å². The first-order valence-corrected chi connectivity index (χ1v) is 4.93. The molecule has 0 bridgehead atoms. The van der Waals surface area contributed by atoms with Crippen LogP contribution < -0.4 is 5.32 Å². The van der Waals surface area contributed by atoms with E-state index in [2.05, 4.69) is 10.1 Å². The van der Waals surface area contributed by atoms with E-state index in [1.54, 1.807) is 6.07 Å². The van der Waals surface area contributed by atoms with Crippen molar-refractivity contribution in [3.05, 3.63) is 23.7 Å². The number of ether oxygens (including phenoxy) is 1. The maximum atomic E-state index is 11.8. The summed E-state index contributed by atoms with van der Waals surface area (Å²) in [5, 5.41) is 3.06. The molecule has 0 spiro atoms. The van der Waals surface area contributed by atoms with E-state index in [0.717, 1.165) is 12.1 Å². The second-order valence-electron chi connectivity index (χ2n) is 3.26. The molecule has 1 aromatic rings. The zero-order chi connectivity index (χ0) is 12.0. The van der Waals surface area contributed by atoms with Crippen LogP contribution in [0.5, 0.6) is 0 Å². The van der Waals surface area contributed by atoms with Crippen molar-refractivity contribution >= 4 is 0 Å². The van der Waals surface area contributed by atoms with E-state index in [-0.39, 0.29) is 6.61 Å². The molecule has 0 aliphatic carbocycles. The molecular formula is C10H14F3NO2. The Morgan fingerprint density at radius 1 is 1.44 bits per heavy atom. The average Bonchev–Trinajstić information content (AvgIpc) is 2.60. The number of nitrogens with one attached hydrogen (secondary N) is 1. The van der Waals surface area contributed by atoms with Crippen molar-refractivity contribution in [1.82, 2.24) is 5.32 Å². The SMILES string of the molecule is CCNCc1ccoc1COCC(F)(F)F. The van der Waals surface area contributed by atoms with E-state index in [4.69, 9.17) is 4.42 Å². The van der Waals surface area contributed by atoms with Crippen molar-refractivity contribution in [2.24, 2.45) is 0 Å². The van der Waals surface area contributed by atoms with Gasteiger partial charge in [-0.05, 0) is 12.6 Å². The molecule has 0 amide bonds. The summed E-state index contributed by atoms with van der Waals surface area (Å²) in [4.78, 5) is 0. The first kappa shape index (κ1) is 13.1. The number of rotatable bonds is 6. The summed E-state index contributed by atoms with van der Waals surface area (Å²) in [6, 6.07) is 1.72. The monoisotopic (exact) mass is 237 g/mol. The number of alkyl halides is 3. The molecule has 1 N–H and O–H groups in total. The summed E-state index contributed by atoms with van der Waals surface area (Å²) in [7, 11) is 0. The Morgan fingerprint density at radius 3 is 2.81 bits per heavy atom. The molecule has 0 saturated heterocycles. The lowest BCUT2D eigenvalue weighted by molar-refractivity contribution is -0.177. The van der Waals surface area contributed by atoms with Crippen molar-refractivity contribution in [2.45, 2.75) is 26.3 Å². The molecule has 3 nitrogen and oxygen atoms in total. The molecule has 0 radical (unpaired) electrons. The summed E-state index contributed by atoms with van der Waals surface area (Å²) in [6.45, 7) is 1.88. The fraction of sp³-hybridized carbons (Fsp3) is 0.600. The molecule has 6 heteroatoms. The first-order valence-electron chi connectivity index (χ1n) is 4.93. The van der Waals surface area contributed by atoms with Gasteiger partial charge in [0.25, 0.3) is 0 Å². The summed E-state index contributed by atoms with van der Waals surface area (Å²) < 4.78 is 45.0. The third kappa shape index (κ3) is 4.67. The van der Waals surface area contributed by atoms with Gasteiger partial charge in [-0.3, -0.25) is 0 Å². The van der Waals surface area contributed by atoms with E-state index in [9.17, 15) is 13.2 Å². The lowest BCUT2D eigenvalue weighted by Gasteiger charge is -2.07. The van der Waals surface area contributed by atoms with Crippen LogP contribution in [0, 0.1) is 0 Å². The smallest absolute Gasteiger partial charge is 0.411 e. The van der Waals surface area contributed by atoms with Gasteiger partial charge in [-0.1, -0.05) is 6.92 Å². The van der Waals surface area contributed by atoms with Crippen LogP contribution in [0.4, 0.5) is 13.2 Å². The van der Waals surface area contributed by atoms with Gasteiger partial charge in [0.1, 0.15) is 19.0 Å². The van der Waals surface area contributed by atoms with Crippen LogP contribution in [0.1, 0.15) is 18.2 Å². The van der Waals surface area contributed by atoms with Gasteiger partial charge in [0.05, 0.1) is 6.26 Å². The highest BCUT2D eigenvalue weighted by Crippen LogP contribution is 2.17. The van der Waals surface area contributed by atoms with Crippen molar-refractivity contribution in [3.8, 4) is 0 Å². The third-order valence-electron chi connectivity index (χ3n) is 1.90. The second-order valence-corrected chi connectivity index (χ2v) is 3.26. The van der Waals surface area contributed by atoms with Crippen LogP contribution in [0.15, 0.2) is 16.7 Å². The van der Waals surface area contributed by atoms with Crippen LogP contribution in [0.25, 0.3) is 0 Å². The molecule has 0 atom stereocenters. The fourth-order valence-corrected chi connectivity index (χ4v) is 1.17. The molecule has 0 aromatic carbocycles. The van der Waals surface area contributed by atoms with Crippen molar-refractivity contribution in [1.29, 1.82) is 0 Å². The van der Waals surface area contributed by atoms with Gasteiger partial charge in [0.15, 0.2) is 0 Å². The molecule has 1 aromatic heterocycles. The quantitative estimate of drug-likeness (QED) is 0.825. The van der Waals surface area contributed by atoms with Crippen LogP contribution in [-0.2, 0) is 17.9 Å². The molecule has 0 aliphatic rings. The van der Waals surface area contributed by atoms with Crippen molar-refractivity contribution < 1.29 is 22.3 Å². The minimum Gasteiger partial charge on any atom is -0.467 e. The maximum Gasteiger partial charge on any atom is 0.411 e. The van der Waals surface area contributed by atoms with Gasteiger partial charge in [-0.15, -0.1) is 0 Å². The predicted octanol–water partition coefficient (Wildman–Crippen LogP) is 2.47. The van der Waals surface area contributed by atoms with E-state index >= 15 is 0 Å². The van der Waals surface area contributed by atoms with Gasteiger partial charge >= 0.3 is 6.18 Å². The highest BCUT2D eigenvalue weighted by Gasteiger charge is 2.27. The topological polar surface area (TPSA) is 34.4 Å². The number of furan rings is 1. The van der Waals surface area contributed by atoms with Gasteiger partial charge in [-0.25, -0.2) is 0 Å². The Labute approximate surface area is 91.6 Å². The molecule has 0 fully saturated rings. The highest BCUT2D eigenvalue weighted by molar-refractivity contribution is 5.15. The molecule has 1 rings (SSSR count). The maximum absolute atomic E-state index is 11.8. The van der Waals surface area contributed by atoms with Crippen molar-refractivity contribution in [2.75, 3.05) is 13.2 Å². The largest absolute Gasteiger partial charge is 0.467 e. The molecule has 1 heterocycles. The molecular weight excluding hydrogens is 223 g/mol. The molecule has 0 aliphatic heterocycles. The second kappa shape index (κ2) is 5.91. The highest BCUT2D eigenvalue weighted by atomic mass is 19.4. The number of halogens is 3. The molecule has 92 valence electrons. The summed E-state index contributed by atoms with van der Waals surface area (Å²) in [6.07, 6.45) is -2.85. The van der Waals surface area contributed by atoms with Crippen LogP contribution in [0.2, 0.25) is 0 Å². The Hall–Kier alpha value is -1.01. The molecule has 16 heavy (non-hydrogen) atoms. The zero-order valence-electron chi connectivity index (χ0n) is 8.93. The van der Waals surface area contributed by atoms with Gasteiger partial charge < -0.3 is 14.5 Å². The van der Waals surface area contributed by atoms with E-state index in [0.29, 0.717) is 12.3 Å². The zero-order valence-corrected chi connectivity index (χ0v) is 8.93. The normalized spacial score (nSPS) is 12.0. The van der Waals surface area contributed by atoms with Crippen molar-refractivity contribution in [3.63, 3.8) is 0 Å². The lowest BCUT2D eigenvalue weighted by Crippen LogP contribution is -2.17. The summed E-state index contributed by atoms with van der Waals surface area (Å²) in [5.74, 6) is 0.435. The summed E-state index contributed by atoms with van der Waals surface area (Å²) >= 11 is 0. The minimum absolute atomic E-state index is 0.159. The van der Waals surface area contributed by atoms with Gasteiger partial charge in [0, 0.05) is 12.1 Å². The van der Waals surface area contributed by atoms with E-state index < -0.39 is 12.8 Å². The average molecular weight is 237 g/mol. The minimum atomic E-state index is -4.30. The predicted molar refractivity (Wildman–Crippen MR) is 51.8 cm³/mol.